The van der Waals surface area contributed by atoms with E-state index in [9.17, 15) is 13.2 Å². The fraction of sp³-hybridized carbons (Fsp3) is 0.417. The smallest absolute Gasteiger partial charge is 0.307 e. The number of sulfonamides is 1. The van der Waals surface area contributed by atoms with Crippen LogP contribution in [-0.4, -0.2) is 36.9 Å². The van der Waals surface area contributed by atoms with Crippen LogP contribution in [0.1, 0.15) is 12.8 Å². The van der Waals surface area contributed by atoms with Gasteiger partial charge in [0.1, 0.15) is 4.90 Å². The molecule has 0 aliphatic carbocycles. The molecule has 1 aliphatic rings. The third kappa shape index (κ3) is 3.16. The predicted molar refractivity (Wildman–Crippen MR) is 78.3 cm³/mol. The van der Waals surface area contributed by atoms with Gasteiger partial charge in [-0.15, -0.1) is 0 Å². The minimum absolute atomic E-state index is 0.00778. The quantitative estimate of drug-likeness (QED) is 0.872. The van der Waals surface area contributed by atoms with Crippen molar-refractivity contribution in [2.75, 3.05) is 13.1 Å². The standard InChI is InChI=1S/C12H13BrClNO4S/c13-9-3-4-11(10(14)6-9)20(18,19)15-5-1-2-8(7-15)12(16)17/h3-4,6,8H,1-2,5,7H2,(H,16,17)/t8-/m1/s1. The Bertz CT molecular complexity index is 634. The van der Waals surface area contributed by atoms with Gasteiger partial charge in [0.15, 0.2) is 0 Å². The van der Waals surface area contributed by atoms with Crippen LogP contribution >= 0.6 is 27.5 Å². The van der Waals surface area contributed by atoms with Crippen LogP contribution in [0.2, 0.25) is 5.02 Å². The van der Waals surface area contributed by atoms with E-state index in [4.69, 9.17) is 16.7 Å². The molecule has 1 aromatic rings. The molecule has 1 aromatic carbocycles. The summed E-state index contributed by atoms with van der Waals surface area (Å²) < 4.78 is 26.9. The second-order valence-corrected chi connectivity index (χ2v) is 7.84. The molecule has 1 saturated heterocycles. The number of carboxylic acids is 1. The van der Waals surface area contributed by atoms with Gasteiger partial charge in [-0.05, 0) is 31.0 Å². The minimum Gasteiger partial charge on any atom is -0.481 e. The number of hydrogen-bond acceptors (Lipinski definition) is 3. The average Bonchev–Trinajstić information content (AvgIpc) is 2.38. The van der Waals surface area contributed by atoms with Gasteiger partial charge >= 0.3 is 5.97 Å². The summed E-state index contributed by atoms with van der Waals surface area (Å²) in [6, 6.07) is 4.52. The molecular weight excluding hydrogens is 370 g/mol. The molecule has 0 radical (unpaired) electrons. The first-order chi connectivity index (χ1) is 9.32. The van der Waals surface area contributed by atoms with Gasteiger partial charge in [-0.1, -0.05) is 27.5 Å². The minimum atomic E-state index is -3.76. The number of halogens is 2. The van der Waals surface area contributed by atoms with E-state index in [-0.39, 0.29) is 16.5 Å². The number of hydrogen-bond donors (Lipinski definition) is 1. The number of nitrogens with zero attached hydrogens (tertiary/aromatic N) is 1. The molecule has 0 unspecified atom stereocenters. The van der Waals surface area contributed by atoms with E-state index in [0.717, 1.165) is 0 Å². The summed E-state index contributed by atoms with van der Waals surface area (Å²) in [6.07, 6.45) is 1.03. The summed E-state index contributed by atoms with van der Waals surface area (Å²) in [4.78, 5) is 11.0. The lowest BCUT2D eigenvalue weighted by molar-refractivity contribution is -0.142. The van der Waals surface area contributed by atoms with Crippen molar-refractivity contribution in [3.63, 3.8) is 0 Å². The van der Waals surface area contributed by atoms with Gasteiger partial charge in [0.25, 0.3) is 0 Å². The second-order valence-electron chi connectivity index (χ2n) is 4.62. The van der Waals surface area contributed by atoms with Gasteiger partial charge in [-0.25, -0.2) is 8.42 Å². The molecule has 0 aromatic heterocycles. The maximum atomic E-state index is 12.5. The molecule has 0 amide bonds. The molecule has 2 rings (SSSR count). The van der Waals surface area contributed by atoms with Crippen molar-refractivity contribution in [2.45, 2.75) is 17.7 Å². The van der Waals surface area contributed by atoms with Crippen LogP contribution in [-0.2, 0) is 14.8 Å². The number of carbonyl (C=O) groups is 1. The van der Waals surface area contributed by atoms with Crippen molar-refractivity contribution in [2.24, 2.45) is 5.92 Å². The Morgan fingerprint density at radius 2 is 2.15 bits per heavy atom. The zero-order chi connectivity index (χ0) is 14.9. The van der Waals surface area contributed by atoms with Gasteiger partial charge in [0.2, 0.25) is 10.0 Å². The highest BCUT2D eigenvalue weighted by Crippen LogP contribution is 2.30. The second kappa shape index (κ2) is 6.01. The van der Waals surface area contributed by atoms with Gasteiger partial charge < -0.3 is 5.11 Å². The van der Waals surface area contributed by atoms with Crippen LogP contribution in [0.4, 0.5) is 0 Å². The first-order valence-corrected chi connectivity index (χ1v) is 8.61. The zero-order valence-electron chi connectivity index (χ0n) is 10.4. The Kier molecular flexibility index (Phi) is 4.73. The number of piperidine rings is 1. The lowest BCUT2D eigenvalue weighted by Crippen LogP contribution is -2.42. The number of rotatable bonds is 3. The van der Waals surface area contributed by atoms with Crippen molar-refractivity contribution >= 4 is 43.5 Å². The molecule has 8 heteroatoms. The topological polar surface area (TPSA) is 74.7 Å². The normalized spacial score (nSPS) is 20.8. The van der Waals surface area contributed by atoms with Crippen LogP contribution in [0.5, 0.6) is 0 Å². The maximum Gasteiger partial charge on any atom is 0.307 e. The van der Waals surface area contributed by atoms with Gasteiger partial charge in [-0.3, -0.25) is 4.79 Å². The van der Waals surface area contributed by atoms with E-state index in [1.807, 2.05) is 0 Å². The number of carboxylic acid groups (broad SMARTS) is 1. The van der Waals surface area contributed by atoms with E-state index in [2.05, 4.69) is 15.9 Å². The van der Waals surface area contributed by atoms with E-state index in [0.29, 0.717) is 23.9 Å². The first-order valence-electron chi connectivity index (χ1n) is 6.00. The highest BCUT2D eigenvalue weighted by molar-refractivity contribution is 9.10. The van der Waals surface area contributed by atoms with Crippen molar-refractivity contribution < 1.29 is 18.3 Å². The molecule has 1 aliphatic heterocycles. The molecule has 1 fully saturated rings. The molecule has 1 heterocycles. The van der Waals surface area contributed by atoms with Gasteiger partial charge in [0, 0.05) is 17.6 Å². The Hall–Kier alpha value is -0.630. The van der Waals surface area contributed by atoms with Gasteiger partial charge in [-0.2, -0.15) is 4.31 Å². The number of aliphatic carboxylic acids is 1. The maximum absolute atomic E-state index is 12.5. The van der Waals surface area contributed by atoms with E-state index in [1.165, 1.54) is 16.4 Å². The van der Waals surface area contributed by atoms with Crippen LogP contribution in [0.3, 0.4) is 0 Å². The highest BCUT2D eigenvalue weighted by atomic mass is 79.9. The molecule has 1 N–H and O–H groups in total. The Balaban J connectivity index is 2.32. The molecule has 0 saturated carbocycles. The summed E-state index contributed by atoms with van der Waals surface area (Å²) >= 11 is 9.20. The molecule has 0 spiro atoms. The van der Waals surface area contributed by atoms with E-state index >= 15 is 0 Å². The summed E-state index contributed by atoms with van der Waals surface area (Å²) in [7, 11) is -3.76. The van der Waals surface area contributed by atoms with Crippen LogP contribution < -0.4 is 0 Å². The summed E-state index contributed by atoms with van der Waals surface area (Å²) in [5, 5.41) is 9.15. The molecule has 110 valence electrons. The summed E-state index contributed by atoms with van der Waals surface area (Å²) in [5.41, 5.74) is 0. The monoisotopic (exact) mass is 381 g/mol. The fourth-order valence-corrected chi connectivity index (χ4v) is 4.72. The zero-order valence-corrected chi connectivity index (χ0v) is 13.6. The lowest BCUT2D eigenvalue weighted by atomic mass is 10.0. The fourth-order valence-electron chi connectivity index (χ4n) is 2.19. The van der Waals surface area contributed by atoms with Crippen molar-refractivity contribution in [3.8, 4) is 0 Å². The summed E-state index contributed by atoms with van der Waals surface area (Å²) in [5.74, 6) is -1.63. The third-order valence-electron chi connectivity index (χ3n) is 3.25. The van der Waals surface area contributed by atoms with Crippen molar-refractivity contribution in [1.82, 2.24) is 4.31 Å². The van der Waals surface area contributed by atoms with E-state index < -0.39 is 21.9 Å². The lowest BCUT2D eigenvalue weighted by Gasteiger charge is -2.30. The Labute approximate surface area is 130 Å². The molecule has 0 bridgehead atoms. The highest BCUT2D eigenvalue weighted by Gasteiger charge is 2.34. The molecule has 1 atom stereocenters. The predicted octanol–water partition coefficient (Wildman–Crippen LogP) is 2.59. The average molecular weight is 383 g/mol. The SMILES string of the molecule is O=C(O)[C@@H]1CCCN(S(=O)(=O)c2ccc(Br)cc2Cl)C1. The van der Waals surface area contributed by atoms with Crippen molar-refractivity contribution in [3.05, 3.63) is 27.7 Å². The van der Waals surface area contributed by atoms with Crippen LogP contribution in [0.25, 0.3) is 0 Å². The Morgan fingerprint density at radius 3 is 2.75 bits per heavy atom. The molecule has 20 heavy (non-hydrogen) atoms. The Morgan fingerprint density at radius 1 is 1.45 bits per heavy atom. The first kappa shape index (κ1) is 15.8. The largest absolute Gasteiger partial charge is 0.481 e. The van der Waals surface area contributed by atoms with Crippen LogP contribution in [0.15, 0.2) is 27.6 Å². The van der Waals surface area contributed by atoms with Crippen LogP contribution in [0, 0.1) is 5.92 Å². The third-order valence-corrected chi connectivity index (χ3v) is 6.09. The summed E-state index contributed by atoms with van der Waals surface area (Å²) in [6.45, 7) is 0.308. The molecule has 5 nitrogen and oxygen atoms in total. The van der Waals surface area contributed by atoms with Gasteiger partial charge in [0.05, 0.1) is 10.9 Å². The molecular formula is C12H13BrClNO4S. The number of benzene rings is 1. The van der Waals surface area contributed by atoms with Crippen molar-refractivity contribution in [1.29, 1.82) is 0 Å². The van der Waals surface area contributed by atoms with E-state index in [1.54, 1.807) is 6.07 Å².